The maximum Gasteiger partial charge on any atom is 0.411 e. The van der Waals surface area contributed by atoms with Crippen LogP contribution in [0.3, 0.4) is 0 Å². The van der Waals surface area contributed by atoms with Crippen molar-refractivity contribution in [2.45, 2.75) is 12.6 Å². The van der Waals surface area contributed by atoms with Gasteiger partial charge in [0.25, 0.3) is 0 Å². The van der Waals surface area contributed by atoms with E-state index in [1.54, 1.807) is 0 Å². The fourth-order valence-electron chi connectivity index (χ4n) is 0.863. The van der Waals surface area contributed by atoms with Gasteiger partial charge in [-0.25, -0.2) is 4.79 Å². The van der Waals surface area contributed by atoms with Crippen LogP contribution in [0.2, 0.25) is 0 Å². The summed E-state index contributed by atoms with van der Waals surface area (Å²) in [5.74, 6) is -1.61. The van der Waals surface area contributed by atoms with Gasteiger partial charge in [0.2, 0.25) is 5.91 Å². The van der Waals surface area contributed by atoms with E-state index in [0.717, 1.165) is 0 Å². The smallest absolute Gasteiger partial charge is 0.411 e. The normalized spacial score (nSPS) is 11.3. The molecule has 1 amide bonds. The average molecular weight is 273 g/mol. The van der Waals surface area contributed by atoms with Gasteiger partial charge >= 0.3 is 12.1 Å². The molecule has 2 N–H and O–H groups in total. The molecule has 9 heteroatoms. The first kappa shape index (κ1) is 16.6. The number of rotatable bonds is 9. The van der Waals surface area contributed by atoms with Gasteiger partial charge in [-0.2, -0.15) is 13.2 Å². The molecule has 0 unspecified atom stereocenters. The lowest BCUT2D eigenvalue weighted by Crippen LogP contribution is -2.29. The van der Waals surface area contributed by atoms with Crippen LogP contribution in [0.15, 0.2) is 0 Å². The Morgan fingerprint density at radius 3 is 2.39 bits per heavy atom. The molecule has 0 fully saturated rings. The SMILES string of the molecule is O=C(O)COCCNC(=O)CCOCC(F)(F)F. The van der Waals surface area contributed by atoms with Crippen molar-refractivity contribution in [3.8, 4) is 0 Å². The molecule has 0 rings (SSSR count). The Balaban J connectivity index is 3.35. The molecule has 0 saturated carbocycles. The van der Waals surface area contributed by atoms with E-state index in [1.807, 2.05) is 0 Å². The Bertz CT molecular complexity index is 269. The van der Waals surface area contributed by atoms with Crippen molar-refractivity contribution in [2.24, 2.45) is 0 Å². The Morgan fingerprint density at radius 1 is 1.17 bits per heavy atom. The van der Waals surface area contributed by atoms with Gasteiger partial charge in [-0.15, -0.1) is 0 Å². The molecule has 0 saturated heterocycles. The molecule has 0 aromatic rings. The van der Waals surface area contributed by atoms with Crippen molar-refractivity contribution >= 4 is 11.9 Å². The number of aliphatic carboxylic acids is 1. The summed E-state index contributed by atoms with van der Waals surface area (Å²) >= 11 is 0. The Hall–Kier alpha value is -1.35. The van der Waals surface area contributed by atoms with Crippen LogP contribution in [-0.2, 0) is 19.1 Å². The van der Waals surface area contributed by atoms with E-state index in [9.17, 15) is 22.8 Å². The minimum Gasteiger partial charge on any atom is -0.480 e. The van der Waals surface area contributed by atoms with E-state index in [0.29, 0.717) is 0 Å². The summed E-state index contributed by atoms with van der Waals surface area (Å²) in [5.41, 5.74) is 0. The highest BCUT2D eigenvalue weighted by Gasteiger charge is 2.27. The van der Waals surface area contributed by atoms with E-state index >= 15 is 0 Å². The summed E-state index contributed by atoms with van der Waals surface area (Å²) in [5, 5.41) is 10.5. The number of amides is 1. The lowest BCUT2D eigenvalue weighted by atomic mass is 10.4. The lowest BCUT2D eigenvalue weighted by molar-refractivity contribution is -0.174. The van der Waals surface area contributed by atoms with Crippen LogP contribution in [0, 0.1) is 0 Å². The van der Waals surface area contributed by atoms with Crippen LogP contribution < -0.4 is 5.32 Å². The average Bonchev–Trinajstić information content (AvgIpc) is 2.22. The topological polar surface area (TPSA) is 84.9 Å². The predicted molar refractivity (Wildman–Crippen MR) is 53.0 cm³/mol. The van der Waals surface area contributed by atoms with E-state index < -0.39 is 31.3 Å². The number of alkyl halides is 3. The number of nitrogens with one attached hydrogen (secondary N) is 1. The third-order valence-corrected chi connectivity index (χ3v) is 1.53. The molecule has 106 valence electrons. The number of carboxylic acid groups (broad SMARTS) is 1. The van der Waals surface area contributed by atoms with Gasteiger partial charge in [0.1, 0.15) is 13.2 Å². The first-order valence-electron chi connectivity index (χ1n) is 5.02. The van der Waals surface area contributed by atoms with Gasteiger partial charge in [-0.1, -0.05) is 0 Å². The quantitative estimate of drug-likeness (QED) is 0.585. The third kappa shape index (κ3) is 12.7. The minimum atomic E-state index is -4.40. The molecule has 0 spiro atoms. The van der Waals surface area contributed by atoms with Crippen LogP contribution in [0.5, 0.6) is 0 Å². The van der Waals surface area contributed by atoms with Gasteiger partial charge < -0.3 is 19.9 Å². The van der Waals surface area contributed by atoms with Gasteiger partial charge in [0, 0.05) is 13.0 Å². The maximum absolute atomic E-state index is 11.6. The summed E-state index contributed by atoms with van der Waals surface area (Å²) in [7, 11) is 0. The summed E-state index contributed by atoms with van der Waals surface area (Å²) in [6.07, 6.45) is -4.60. The van der Waals surface area contributed by atoms with Crippen molar-refractivity contribution in [3.63, 3.8) is 0 Å². The number of ether oxygens (including phenoxy) is 2. The summed E-state index contributed by atoms with van der Waals surface area (Å²) in [6, 6.07) is 0. The van der Waals surface area contributed by atoms with E-state index in [4.69, 9.17) is 5.11 Å². The summed E-state index contributed by atoms with van der Waals surface area (Å²) in [6.45, 7) is -2.08. The van der Waals surface area contributed by atoms with Crippen molar-refractivity contribution in [3.05, 3.63) is 0 Å². The molecule has 0 bridgehead atoms. The monoisotopic (exact) mass is 273 g/mol. The second-order valence-electron chi connectivity index (χ2n) is 3.21. The van der Waals surface area contributed by atoms with Crippen molar-refractivity contribution in [1.29, 1.82) is 0 Å². The van der Waals surface area contributed by atoms with Crippen LogP contribution in [0.4, 0.5) is 13.2 Å². The van der Waals surface area contributed by atoms with Gasteiger partial charge in [-0.05, 0) is 0 Å². The largest absolute Gasteiger partial charge is 0.480 e. The zero-order valence-electron chi connectivity index (χ0n) is 9.46. The summed E-state index contributed by atoms with van der Waals surface area (Å²) in [4.78, 5) is 21.1. The number of carbonyl (C=O) groups excluding carboxylic acids is 1. The maximum atomic E-state index is 11.6. The van der Waals surface area contributed by atoms with E-state index in [1.165, 1.54) is 0 Å². The van der Waals surface area contributed by atoms with Crippen molar-refractivity contribution in [2.75, 3.05) is 33.0 Å². The number of halogens is 3. The fourth-order valence-corrected chi connectivity index (χ4v) is 0.863. The van der Waals surface area contributed by atoms with Gasteiger partial charge in [0.05, 0.1) is 13.2 Å². The Kier molecular flexibility index (Phi) is 8.05. The second-order valence-corrected chi connectivity index (χ2v) is 3.21. The molecule has 0 aliphatic heterocycles. The minimum absolute atomic E-state index is 0.0153. The number of hydrogen-bond acceptors (Lipinski definition) is 4. The Labute approximate surface area is 101 Å². The molecule has 0 aromatic heterocycles. The highest BCUT2D eigenvalue weighted by atomic mass is 19.4. The third-order valence-electron chi connectivity index (χ3n) is 1.53. The lowest BCUT2D eigenvalue weighted by Gasteiger charge is -2.08. The van der Waals surface area contributed by atoms with Gasteiger partial charge in [0.15, 0.2) is 0 Å². The summed E-state index contributed by atoms with van der Waals surface area (Å²) < 4.78 is 43.8. The first-order chi connectivity index (χ1) is 8.31. The Morgan fingerprint density at radius 2 is 1.83 bits per heavy atom. The molecular weight excluding hydrogens is 259 g/mol. The first-order valence-corrected chi connectivity index (χ1v) is 5.02. The van der Waals surface area contributed by atoms with Crippen LogP contribution in [0.1, 0.15) is 6.42 Å². The molecule has 0 aliphatic carbocycles. The fraction of sp³-hybridized carbons (Fsp3) is 0.778. The molecule has 0 atom stereocenters. The zero-order chi connectivity index (χ0) is 14.0. The van der Waals surface area contributed by atoms with Crippen LogP contribution in [-0.4, -0.2) is 56.1 Å². The van der Waals surface area contributed by atoms with Crippen LogP contribution >= 0.6 is 0 Å². The number of carboxylic acids is 1. The van der Waals surface area contributed by atoms with Gasteiger partial charge in [-0.3, -0.25) is 4.79 Å². The predicted octanol–water partition coefficient (Wildman–Crippen LogP) is 0.173. The molecule has 6 nitrogen and oxygen atoms in total. The van der Waals surface area contributed by atoms with Crippen molar-refractivity contribution in [1.82, 2.24) is 5.32 Å². The number of hydrogen-bond donors (Lipinski definition) is 2. The highest BCUT2D eigenvalue weighted by Crippen LogP contribution is 2.14. The van der Waals surface area contributed by atoms with Crippen LogP contribution in [0.25, 0.3) is 0 Å². The molecule has 18 heavy (non-hydrogen) atoms. The van der Waals surface area contributed by atoms with Crippen molar-refractivity contribution < 1.29 is 37.3 Å². The molecule has 0 aromatic carbocycles. The van der Waals surface area contributed by atoms with E-state index in [-0.39, 0.29) is 26.2 Å². The standard InChI is InChI=1S/C9H14F3NO5/c10-9(11,12)6-18-3-1-7(14)13-2-4-17-5-8(15)16/h1-6H2,(H,13,14)(H,15,16). The molecule has 0 heterocycles. The molecule has 0 aliphatic rings. The second kappa shape index (κ2) is 8.70. The zero-order valence-corrected chi connectivity index (χ0v) is 9.46. The molecule has 0 radical (unpaired) electrons. The van der Waals surface area contributed by atoms with E-state index in [2.05, 4.69) is 14.8 Å². The highest BCUT2D eigenvalue weighted by molar-refractivity contribution is 5.75. The number of carbonyl (C=O) groups is 2. The molecular formula is C9H14F3NO5.